The summed E-state index contributed by atoms with van der Waals surface area (Å²) in [7, 11) is 0. The third kappa shape index (κ3) is 3.93. The molecule has 1 aromatic carbocycles. The van der Waals surface area contributed by atoms with Gasteiger partial charge < -0.3 is 15.7 Å². The SMILES string of the molecule is CC(NC(=O)Nc1ccc(F)c(C(=O)O)c1)C1CCCC1. The standard InChI is InChI=1S/C15H19FN2O3/c1-9(10-4-2-3-5-10)17-15(21)18-11-6-7-13(16)12(8-11)14(19)20/h6-10H,2-5H2,1H3,(H,19,20)(H2,17,18,21). The minimum absolute atomic E-state index is 0.0619. The second-order valence-electron chi connectivity index (χ2n) is 5.43. The maximum atomic E-state index is 13.3. The minimum Gasteiger partial charge on any atom is -0.478 e. The molecule has 1 saturated carbocycles. The quantitative estimate of drug-likeness (QED) is 0.797. The molecule has 0 heterocycles. The molecular formula is C15H19FN2O3. The van der Waals surface area contributed by atoms with E-state index >= 15 is 0 Å². The van der Waals surface area contributed by atoms with Crippen LogP contribution in [0.4, 0.5) is 14.9 Å². The highest BCUT2D eigenvalue weighted by atomic mass is 19.1. The van der Waals surface area contributed by atoms with Gasteiger partial charge in [0.25, 0.3) is 0 Å². The number of carbonyl (C=O) groups is 2. The van der Waals surface area contributed by atoms with Crippen LogP contribution in [-0.4, -0.2) is 23.1 Å². The van der Waals surface area contributed by atoms with Crippen molar-refractivity contribution in [2.75, 3.05) is 5.32 Å². The fourth-order valence-corrected chi connectivity index (χ4v) is 2.72. The Balaban J connectivity index is 1.96. The van der Waals surface area contributed by atoms with Crippen molar-refractivity contribution in [2.45, 2.75) is 38.6 Å². The van der Waals surface area contributed by atoms with E-state index in [1.807, 2.05) is 6.92 Å². The first-order chi connectivity index (χ1) is 9.97. The Morgan fingerprint density at radius 1 is 1.33 bits per heavy atom. The molecule has 1 unspecified atom stereocenters. The van der Waals surface area contributed by atoms with E-state index in [0.29, 0.717) is 5.92 Å². The van der Waals surface area contributed by atoms with E-state index < -0.39 is 23.4 Å². The lowest BCUT2D eigenvalue weighted by molar-refractivity contribution is 0.0692. The molecule has 1 fully saturated rings. The molecule has 6 heteroatoms. The van der Waals surface area contributed by atoms with Crippen LogP contribution in [0.25, 0.3) is 0 Å². The van der Waals surface area contributed by atoms with E-state index in [-0.39, 0.29) is 11.7 Å². The minimum atomic E-state index is -1.36. The number of carboxylic acid groups (broad SMARTS) is 1. The van der Waals surface area contributed by atoms with E-state index in [1.165, 1.54) is 18.9 Å². The highest BCUT2D eigenvalue weighted by molar-refractivity contribution is 5.93. The number of anilines is 1. The van der Waals surface area contributed by atoms with Crippen LogP contribution in [0.2, 0.25) is 0 Å². The zero-order chi connectivity index (χ0) is 15.4. The fourth-order valence-electron chi connectivity index (χ4n) is 2.72. The molecule has 0 saturated heterocycles. The Bertz CT molecular complexity index is 542. The van der Waals surface area contributed by atoms with Crippen LogP contribution in [0, 0.1) is 11.7 Å². The summed E-state index contributed by atoms with van der Waals surface area (Å²) < 4.78 is 13.3. The number of hydrogen-bond donors (Lipinski definition) is 3. The summed E-state index contributed by atoms with van der Waals surface area (Å²) in [5.41, 5.74) is -0.207. The summed E-state index contributed by atoms with van der Waals surface area (Å²) in [6.07, 6.45) is 4.61. The van der Waals surface area contributed by atoms with Crippen LogP contribution in [0.5, 0.6) is 0 Å². The van der Waals surface area contributed by atoms with Crippen molar-refractivity contribution in [1.82, 2.24) is 5.32 Å². The second-order valence-corrected chi connectivity index (χ2v) is 5.43. The lowest BCUT2D eigenvalue weighted by Crippen LogP contribution is -2.39. The van der Waals surface area contributed by atoms with Gasteiger partial charge in [0, 0.05) is 11.7 Å². The smallest absolute Gasteiger partial charge is 0.338 e. The monoisotopic (exact) mass is 294 g/mol. The van der Waals surface area contributed by atoms with Crippen molar-refractivity contribution in [3.63, 3.8) is 0 Å². The molecule has 0 aromatic heterocycles. The summed E-state index contributed by atoms with van der Waals surface area (Å²) >= 11 is 0. The molecule has 0 radical (unpaired) electrons. The molecule has 1 atom stereocenters. The Kier molecular flexibility index (Phi) is 4.77. The zero-order valence-electron chi connectivity index (χ0n) is 11.9. The first-order valence-corrected chi connectivity index (χ1v) is 7.07. The van der Waals surface area contributed by atoms with Crippen molar-refractivity contribution < 1.29 is 19.1 Å². The first-order valence-electron chi connectivity index (χ1n) is 7.07. The molecule has 2 amide bonds. The van der Waals surface area contributed by atoms with Crippen molar-refractivity contribution in [3.8, 4) is 0 Å². The Morgan fingerprint density at radius 3 is 2.62 bits per heavy atom. The van der Waals surface area contributed by atoms with Gasteiger partial charge in [0.1, 0.15) is 5.82 Å². The maximum Gasteiger partial charge on any atom is 0.338 e. The number of aromatic carboxylic acids is 1. The molecule has 1 aliphatic carbocycles. The van der Waals surface area contributed by atoms with Crippen molar-refractivity contribution in [3.05, 3.63) is 29.6 Å². The van der Waals surface area contributed by atoms with Gasteiger partial charge in [-0.3, -0.25) is 0 Å². The molecule has 2 rings (SSSR count). The normalized spacial score (nSPS) is 16.5. The van der Waals surface area contributed by atoms with Gasteiger partial charge in [-0.25, -0.2) is 14.0 Å². The van der Waals surface area contributed by atoms with Crippen LogP contribution >= 0.6 is 0 Å². The molecule has 1 aromatic rings. The number of amides is 2. The second kappa shape index (κ2) is 6.56. The number of hydrogen-bond acceptors (Lipinski definition) is 2. The van der Waals surface area contributed by atoms with Crippen molar-refractivity contribution in [2.24, 2.45) is 5.92 Å². The number of rotatable bonds is 4. The average Bonchev–Trinajstić information content (AvgIpc) is 2.94. The third-order valence-corrected chi connectivity index (χ3v) is 3.92. The van der Waals surface area contributed by atoms with Gasteiger partial charge in [0.15, 0.2) is 0 Å². The highest BCUT2D eigenvalue weighted by Gasteiger charge is 2.22. The van der Waals surface area contributed by atoms with Crippen LogP contribution in [-0.2, 0) is 0 Å². The predicted octanol–water partition coefficient (Wildman–Crippen LogP) is 3.22. The predicted molar refractivity (Wildman–Crippen MR) is 76.9 cm³/mol. The van der Waals surface area contributed by atoms with E-state index in [9.17, 15) is 14.0 Å². The molecule has 114 valence electrons. The molecular weight excluding hydrogens is 275 g/mol. The molecule has 0 bridgehead atoms. The van der Waals surface area contributed by atoms with Gasteiger partial charge in [-0.15, -0.1) is 0 Å². The van der Waals surface area contributed by atoms with Gasteiger partial charge in [-0.1, -0.05) is 12.8 Å². The van der Waals surface area contributed by atoms with Crippen LogP contribution < -0.4 is 10.6 Å². The number of carbonyl (C=O) groups excluding carboxylic acids is 1. The van der Waals surface area contributed by atoms with E-state index in [1.54, 1.807) is 0 Å². The van der Waals surface area contributed by atoms with Gasteiger partial charge in [-0.2, -0.15) is 0 Å². The van der Waals surface area contributed by atoms with Crippen LogP contribution in [0.15, 0.2) is 18.2 Å². The lowest BCUT2D eigenvalue weighted by Gasteiger charge is -2.20. The number of urea groups is 1. The Morgan fingerprint density at radius 2 is 2.00 bits per heavy atom. The van der Waals surface area contributed by atoms with Gasteiger partial charge >= 0.3 is 12.0 Å². The lowest BCUT2D eigenvalue weighted by atomic mass is 10.0. The van der Waals surface area contributed by atoms with Crippen LogP contribution in [0.3, 0.4) is 0 Å². The van der Waals surface area contributed by atoms with Crippen LogP contribution in [0.1, 0.15) is 43.0 Å². The largest absolute Gasteiger partial charge is 0.478 e. The summed E-state index contributed by atoms with van der Waals surface area (Å²) in [6, 6.07) is 3.13. The molecule has 1 aliphatic rings. The first kappa shape index (κ1) is 15.3. The Labute approximate surface area is 122 Å². The van der Waals surface area contributed by atoms with Gasteiger partial charge in [0.2, 0.25) is 0 Å². The molecule has 5 nitrogen and oxygen atoms in total. The summed E-state index contributed by atoms with van der Waals surface area (Å²) in [4.78, 5) is 22.7. The summed E-state index contributed by atoms with van der Waals surface area (Å²) in [6.45, 7) is 1.96. The number of carboxylic acids is 1. The van der Waals surface area contributed by atoms with E-state index in [2.05, 4.69) is 10.6 Å². The molecule has 21 heavy (non-hydrogen) atoms. The van der Waals surface area contributed by atoms with Crippen molar-refractivity contribution >= 4 is 17.7 Å². The maximum absolute atomic E-state index is 13.3. The zero-order valence-corrected chi connectivity index (χ0v) is 11.9. The topological polar surface area (TPSA) is 78.4 Å². The number of nitrogens with one attached hydrogen (secondary N) is 2. The Hall–Kier alpha value is -2.11. The number of halogens is 1. The van der Waals surface area contributed by atoms with Gasteiger partial charge in [0.05, 0.1) is 5.56 Å². The summed E-state index contributed by atoms with van der Waals surface area (Å²) in [5, 5.41) is 14.2. The molecule has 0 aliphatic heterocycles. The fraction of sp³-hybridized carbons (Fsp3) is 0.467. The third-order valence-electron chi connectivity index (χ3n) is 3.92. The number of benzene rings is 1. The molecule has 0 spiro atoms. The van der Waals surface area contributed by atoms with Crippen molar-refractivity contribution in [1.29, 1.82) is 0 Å². The summed E-state index contributed by atoms with van der Waals surface area (Å²) in [5.74, 6) is -1.71. The van der Waals surface area contributed by atoms with E-state index in [4.69, 9.17) is 5.11 Å². The average molecular weight is 294 g/mol. The van der Waals surface area contributed by atoms with E-state index in [0.717, 1.165) is 25.0 Å². The van der Waals surface area contributed by atoms with Gasteiger partial charge in [-0.05, 0) is 43.9 Å². The molecule has 3 N–H and O–H groups in total. The highest BCUT2D eigenvalue weighted by Crippen LogP contribution is 2.27.